The van der Waals surface area contributed by atoms with Crippen molar-refractivity contribution in [2.45, 2.75) is 43.2 Å². The number of nitrogens with zero attached hydrogens (tertiary/aromatic N) is 2. The highest BCUT2D eigenvalue weighted by Crippen LogP contribution is 2.40. The van der Waals surface area contributed by atoms with Gasteiger partial charge in [-0.2, -0.15) is 5.10 Å². The number of aliphatic hydroxyl groups excluding tert-OH is 1. The zero-order valence-corrected chi connectivity index (χ0v) is 23.3. The molecule has 1 saturated heterocycles. The van der Waals surface area contributed by atoms with Crippen LogP contribution in [0.25, 0.3) is 11.1 Å². The summed E-state index contributed by atoms with van der Waals surface area (Å²) in [6, 6.07) is 24.0. The van der Waals surface area contributed by atoms with E-state index in [2.05, 4.69) is 33.1 Å². The summed E-state index contributed by atoms with van der Waals surface area (Å²) in [7, 11) is 0. The largest absolute Gasteiger partial charge is 0.445 e. The Morgan fingerprint density at radius 2 is 1.88 bits per heavy atom. The number of carbonyl (C=O) groups excluding carboxylic acids is 1. The van der Waals surface area contributed by atoms with Gasteiger partial charge >= 0.3 is 6.09 Å². The number of H-pyrrole nitrogens is 1. The first-order valence-electron chi connectivity index (χ1n) is 13.3. The molecule has 0 radical (unpaired) electrons. The van der Waals surface area contributed by atoms with Crippen molar-refractivity contribution in [1.82, 2.24) is 20.5 Å². The summed E-state index contributed by atoms with van der Waals surface area (Å²) >= 11 is 1.56. The van der Waals surface area contributed by atoms with Crippen LogP contribution in [-0.4, -0.2) is 44.8 Å². The quantitative estimate of drug-likeness (QED) is 0.154. The van der Waals surface area contributed by atoms with Crippen LogP contribution in [0.15, 0.2) is 96.9 Å². The second-order valence-corrected chi connectivity index (χ2v) is 10.5. The summed E-state index contributed by atoms with van der Waals surface area (Å²) in [6.45, 7) is 4.06. The highest BCUT2D eigenvalue weighted by atomic mass is 32.2. The molecule has 9 nitrogen and oxygen atoms in total. The number of ether oxygens (including phenoxy) is 3. The number of nitrogens with one attached hydrogen (secondary N) is 2. The van der Waals surface area contributed by atoms with Crippen molar-refractivity contribution in [3.63, 3.8) is 0 Å². The van der Waals surface area contributed by atoms with E-state index >= 15 is 0 Å². The Bertz CT molecular complexity index is 1430. The van der Waals surface area contributed by atoms with Gasteiger partial charge in [0.15, 0.2) is 11.4 Å². The molecule has 1 aliphatic rings. The lowest BCUT2D eigenvalue weighted by molar-refractivity contribution is -0.245. The predicted molar refractivity (Wildman–Crippen MR) is 156 cm³/mol. The lowest BCUT2D eigenvalue weighted by Crippen LogP contribution is -2.31. The van der Waals surface area contributed by atoms with Crippen LogP contribution in [-0.2, 0) is 27.4 Å². The first kappa shape index (κ1) is 28.6. The Morgan fingerprint density at radius 1 is 1.07 bits per heavy atom. The van der Waals surface area contributed by atoms with Gasteiger partial charge in [-0.1, -0.05) is 85.1 Å². The molecule has 0 bridgehead atoms. The molecule has 3 aromatic carbocycles. The standard InChI is InChI=1S/C31H32N4O5S/c1-2-13-38-31(37)32-17-22-5-3-6-24(14-22)25-7-4-8-26(15-25)29-39-27(19-41-30-33-20-34-35-30)16-28(40-29)23-11-9-21(18-36)10-12-23/h2-12,14-15,20,27-29,36H,1,13,16-19H2,(H,32,37)(H,33,34,35)/t27-,28+,29+/m1/s1. The lowest BCUT2D eigenvalue weighted by atomic mass is 9.99. The Kier molecular flexibility index (Phi) is 9.82. The van der Waals surface area contributed by atoms with Crippen LogP contribution in [0.1, 0.15) is 41.1 Å². The van der Waals surface area contributed by atoms with E-state index in [1.54, 1.807) is 11.8 Å². The predicted octanol–water partition coefficient (Wildman–Crippen LogP) is 5.71. The third-order valence-electron chi connectivity index (χ3n) is 6.60. The summed E-state index contributed by atoms with van der Waals surface area (Å²) in [5.74, 6) is 0.685. The summed E-state index contributed by atoms with van der Waals surface area (Å²) in [5.41, 5.74) is 5.76. The average Bonchev–Trinajstić information content (AvgIpc) is 3.56. The molecule has 0 aliphatic carbocycles. The smallest absolute Gasteiger partial charge is 0.407 e. The molecule has 1 amide bonds. The second kappa shape index (κ2) is 14.1. The van der Waals surface area contributed by atoms with Gasteiger partial charge in [-0.05, 0) is 39.9 Å². The first-order valence-corrected chi connectivity index (χ1v) is 14.3. The van der Waals surface area contributed by atoms with E-state index in [-0.39, 0.29) is 25.4 Å². The summed E-state index contributed by atoms with van der Waals surface area (Å²) in [4.78, 5) is 16.0. The molecule has 5 rings (SSSR count). The van der Waals surface area contributed by atoms with Gasteiger partial charge in [0, 0.05) is 24.3 Å². The maximum Gasteiger partial charge on any atom is 0.407 e. The third kappa shape index (κ3) is 7.83. The number of aromatic nitrogens is 3. The molecule has 1 aromatic heterocycles. The van der Waals surface area contributed by atoms with Gasteiger partial charge < -0.3 is 24.6 Å². The van der Waals surface area contributed by atoms with Crippen LogP contribution in [0.4, 0.5) is 4.79 Å². The molecule has 0 saturated carbocycles. The molecular formula is C31H32N4O5S. The Balaban J connectivity index is 1.33. The van der Waals surface area contributed by atoms with Crippen molar-refractivity contribution in [1.29, 1.82) is 0 Å². The van der Waals surface area contributed by atoms with Crippen LogP contribution in [0.3, 0.4) is 0 Å². The molecule has 1 aliphatic heterocycles. The van der Waals surface area contributed by atoms with Crippen LogP contribution in [0, 0.1) is 0 Å². The second-order valence-electron chi connectivity index (χ2n) is 9.52. The normalized spacial score (nSPS) is 18.5. The van der Waals surface area contributed by atoms with E-state index in [0.717, 1.165) is 38.5 Å². The van der Waals surface area contributed by atoms with Crippen molar-refractivity contribution in [2.24, 2.45) is 0 Å². The summed E-state index contributed by atoms with van der Waals surface area (Å²) in [5, 5.41) is 19.8. The molecule has 3 N–H and O–H groups in total. The Labute approximate surface area is 243 Å². The maximum absolute atomic E-state index is 11.8. The summed E-state index contributed by atoms with van der Waals surface area (Å²) in [6.07, 6.45) is 2.37. The van der Waals surface area contributed by atoms with Crippen molar-refractivity contribution >= 4 is 17.9 Å². The van der Waals surface area contributed by atoms with Gasteiger partial charge in [0.1, 0.15) is 12.9 Å². The van der Waals surface area contributed by atoms with E-state index in [1.165, 1.54) is 12.4 Å². The lowest BCUT2D eigenvalue weighted by Gasteiger charge is -2.36. The maximum atomic E-state index is 11.8. The van der Waals surface area contributed by atoms with E-state index in [1.807, 2.05) is 66.7 Å². The monoisotopic (exact) mass is 572 g/mol. The van der Waals surface area contributed by atoms with Crippen molar-refractivity contribution in [3.8, 4) is 11.1 Å². The first-order chi connectivity index (χ1) is 20.1. The van der Waals surface area contributed by atoms with Crippen molar-refractivity contribution in [2.75, 3.05) is 12.4 Å². The number of hydrogen-bond acceptors (Lipinski definition) is 8. The molecule has 3 atom stereocenters. The topological polar surface area (TPSA) is 119 Å². The number of alkyl carbamates (subject to hydrolysis) is 1. The van der Waals surface area contributed by atoms with Gasteiger partial charge in [-0.15, -0.1) is 0 Å². The number of amides is 1. The van der Waals surface area contributed by atoms with Gasteiger partial charge in [-0.25, -0.2) is 9.78 Å². The molecule has 10 heteroatoms. The zero-order valence-electron chi connectivity index (χ0n) is 22.4. The van der Waals surface area contributed by atoms with Crippen LogP contribution < -0.4 is 5.32 Å². The Morgan fingerprint density at radius 3 is 2.63 bits per heavy atom. The molecule has 4 aromatic rings. The molecule has 0 unspecified atom stereocenters. The molecule has 41 heavy (non-hydrogen) atoms. The number of benzene rings is 3. The minimum absolute atomic E-state index is 0.00254. The molecule has 212 valence electrons. The number of hydrogen-bond donors (Lipinski definition) is 3. The fourth-order valence-corrected chi connectivity index (χ4v) is 5.34. The van der Waals surface area contributed by atoms with Gasteiger partial charge in [0.05, 0.1) is 18.8 Å². The van der Waals surface area contributed by atoms with Gasteiger partial charge in [-0.3, -0.25) is 5.10 Å². The number of aromatic amines is 1. The van der Waals surface area contributed by atoms with E-state index < -0.39 is 12.4 Å². The minimum Gasteiger partial charge on any atom is -0.445 e. The van der Waals surface area contributed by atoms with E-state index in [0.29, 0.717) is 18.7 Å². The SMILES string of the molecule is C=CCOC(=O)NCc1cccc(-c2cccc([C@H]3O[C@@H](CSc4ncn[nH]4)C[C@@H](c4ccc(CO)cc4)O3)c2)c1. The Hall–Kier alpha value is -3.96. The third-order valence-corrected chi connectivity index (χ3v) is 7.61. The van der Waals surface area contributed by atoms with Gasteiger partial charge in [0.2, 0.25) is 0 Å². The molecule has 1 fully saturated rings. The fourth-order valence-electron chi connectivity index (χ4n) is 4.54. The number of carbonyl (C=O) groups is 1. The number of thioether (sulfide) groups is 1. The molecule has 2 heterocycles. The highest BCUT2D eigenvalue weighted by molar-refractivity contribution is 7.99. The van der Waals surface area contributed by atoms with Crippen LogP contribution >= 0.6 is 11.8 Å². The van der Waals surface area contributed by atoms with Crippen LogP contribution in [0.5, 0.6) is 0 Å². The summed E-state index contributed by atoms with van der Waals surface area (Å²) < 4.78 is 18.0. The minimum atomic E-state index is -0.573. The molecular weight excluding hydrogens is 540 g/mol. The van der Waals surface area contributed by atoms with Gasteiger partial charge in [0.25, 0.3) is 0 Å². The van der Waals surface area contributed by atoms with Crippen molar-refractivity contribution in [3.05, 3.63) is 114 Å². The molecule has 0 spiro atoms. The average molecular weight is 573 g/mol. The fraction of sp³-hybridized carbons (Fsp3) is 0.258. The number of rotatable bonds is 11. The van der Waals surface area contributed by atoms with Crippen LogP contribution in [0.2, 0.25) is 0 Å². The number of aliphatic hydroxyl groups is 1. The zero-order chi connectivity index (χ0) is 28.4. The van der Waals surface area contributed by atoms with E-state index in [9.17, 15) is 9.90 Å². The van der Waals surface area contributed by atoms with Crippen molar-refractivity contribution < 1.29 is 24.1 Å². The van der Waals surface area contributed by atoms with E-state index in [4.69, 9.17) is 14.2 Å². The highest BCUT2D eigenvalue weighted by Gasteiger charge is 2.32.